The van der Waals surface area contributed by atoms with Crippen LogP contribution in [0.25, 0.3) is 0 Å². The summed E-state index contributed by atoms with van der Waals surface area (Å²) in [5.41, 5.74) is 0.716. The molecule has 0 radical (unpaired) electrons. The van der Waals surface area contributed by atoms with Crippen LogP contribution in [-0.4, -0.2) is 64.7 Å². The first-order valence-electron chi connectivity index (χ1n) is 6.01. The van der Waals surface area contributed by atoms with Crippen molar-refractivity contribution in [1.82, 2.24) is 4.98 Å². The fraction of sp³-hybridized carbons (Fsp3) is 0.545. The Bertz CT molecular complexity index is 448. The molecule has 8 heteroatoms. The molecule has 0 saturated carbocycles. The molecule has 2 saturated heterocycles. The van der Waals surface area contributed by atoms with E-state index in [1.165, 1.54) is 0 Å². The molecule has 3 N–H and O–H groups in total. The van der Waals surface area contributed by atoms with Gasteiger partial charge in [0.15, 0.2) is 0 Å². The van der Waals surface area contributed by atoms with E-state index < -0.39 is 37.8 Å². The Morgan fingerprint density at radius 3 is 2.63 bits per heavy atom. The second-order valence-electron chi connectivity index (χ2n) is 4.59. The summed E-state index contributed by atoms with van der Waals surface area (Å²) < 4.78 is 16.7. The third kappa shape index (κ3) is 1.97. The Balaban J connectivity index is 1.84. The van der Waals surface area contributed by atoms with Crippen molar-refractivity contribution in [3.63, 3.8) is 0 Å². The molecule has 1 aromatic heterocycles. The highest BCUT2D eigenvalue weighted by Gasteiger charge is 2.63. The topological polar surface area (TPSA) is 101 Å². The maximum atomic E-state index is 10.0. The number of aromatic nitrogens is 1. The number of ether oxygens (including phenoxy) is 1. The minimum atomic E-state index is -1.43. The second kappa shape index (κ2) is 4.82. The molecule has 0 aromatic carbocycles. The maximum absolute atomic E-state index is 10.0. The quantitative estimate of drug-likeness (QED) is 0.526. The molecule has 2 aliphatic heterocycles. The number of aliphatic hydroxyl groups excluding tert-OH is 3. The van der Waals surface area contributed by atoms with Crippen molar-refractivity contribution in [2.75, 3.05) is 13.2 Å². The van der Waals surface area contributed by atoms with E-state index in [9.17, 15) is 10.2 Å². The molecule has 102 valence electrons. The lowest BCUT2D eigenvalue weighted by Crippen LogP contribution is -2.44. The highest BCUT2D eigenvalue weighted by molar-refractivity contribution is 6.61. The standard InChI is InChI=1S/C11H14BNO6/c14-5-8-9(16)10-11(6-15,17-8)19-12(18-10)7-1-3-13-4-2-7/h1-4,8-10,14-16H,5-6H2/t8-,9-,10+,11+/m1/s1. The Kier molecular flexibility index (Phi) is 3.29. The van der Waals surface area contributed by atoms with Crippen molar-refractivity contribution < 1.29 is 29.4 Å². The molecule has 0 spiro atoms. The monoisotopic (exact) mass is 267 g/mol. The van der Waals surface area contributed by atoms with Gasteiger partial charge in [0.2, 0.25) is 5.79 Å². The van der Waals surface area contributed by atoms with Crippen LogP contribution >= 0.6 is 0 Å². The number of hydrogen-bond donors (Lipinski definition) is 3. The molecule has 0 amide bonds. The van der Waals surface area contributed by atoms with E-state index in [1.807, 2.05) is 0 Å². The van der Waals surface area contributed by atoms with Crippen LogP contribution in [0.1, 0.15) is 0 Å². The third-order valence-corrected chi connectivity index (χ3v) is 3.43. The first kappa shape index (κ1) is 13.0. The molecule has 3 rings (SSSR count). The number of pyridine rings is 1. The fourth-order valence-corrected chi connectivity index (χ4v) is 2.45. The SMILES string of the molecule is OC[C@H]1O[C@@]2(CO)OB(c3ccncc3)O[C@H]2[C@@H]1O. The molecule has 7 nitrogen and oxygen atoms in total. The zero-order valence-corrected chi connectivity index (χ0v) is 10.0. The summed E-state index contributed by atoms with van der Waals surface area (Å²) in [5.74, 6) is -1.43. The highest BCUT2D eigenvalue weighted by Crippen LogP contribution is 2.39. The summed E-state index contributed by atoms with van der Waals surface area (Å²) in [6, 6.07) is 3.43. The number of aliphatic hydroxyl groups is 3. The van der Waals surface area contributed by atoms with Crippen molar-refractivity contribution in [1.29, 1.82) is 0 Å². The van der Waals surface area contributed by atoms with E-state index in [-0.39, 0.29) is 6.61 Å². The first-order valence-corrected chi connectivity index (χ1v) is 6.01. The van der Waals surface area contributed by atoms with Gasteiger partial charge in [-0.15, -0.1) is 0 Å². The van der Waals surface area contributed by atoms with Gasteiger partial charge in [0.1, 0.15) is 18.3 Å². The van der Waals surface area contributed by atoms with Crippen LogP contribution < -0.4 is 5.46 Å². The zero-order valence-electron chi connectivity index (χ0n) is 10.0. The first-order chi connectivity index (χ1) is 9.20. The van der Waals surface area contributed by atoms with Crippen LogP contribution in [0.4, 0.5) is 0 Å². The van der Waals surface area contributed by atoms with E-state index in [0.717, 1.165) is 0 Å². The summed E-state index contributed by atoms with van der Waals surface area (Å²) >= 11 is 0. The minimum absolute atomic E-state index is 0.369. The van der Waals surface area contributed by atoms with E-state index in [1.54, 1.807) is 24.5 Å². The van der Waals surface area contributed by atoms with Gasteiger partial charge in [0.05, 0.1) is 13.2 Å². The van der Waals surface area contributed by atoms with Gasteiger partial charge in [-0.2, -0.15) is 0 Å². The van der Waals surface area contributed by atoms with Crippen molar-refractivity contribution >= 4 is 12.6 Å². The Labute approximate surface area is 109 Å². The van der Waals surface area contributed by atoms with Gasteiger partial charge in [0.25, 0.3) is 0 Å². The molecule has 0 unspecified atom stereocenters. The van der Waals surface area contributed by atoms with E-state index >= 15 is 0 Å². The molecule has 0 aliphatic carbocycles. The normalized spacial score (nSPS) is 37.6. The highest BCUT2D eigenvalue weighted by atomic mass is 16.8. The van der Waals surface area contributed by atoms with Crippen molar-refractivity contribution in [3.05, 3.63) is 24.5 Å². The largest absolute Gasteiger partial charge is 0.496 e. The third-order valence-electron chi connectivity index (χ3n) is 3.43. The molecule has 4 atom stereocenters. The smallest absolute Gasteiger partial charge is 0.396 e. The average Bonchev–Trinajstić information content (AvgIpc) is 2.96. The van der Waals surface area contributed by atoms with Crippen molar-refractivity contribution in [2.45, 2.75) is 24.1 Å². The lowest BCUT2D eigenvalue weighted by Gasteiger charge is -2.24. The lowest BCUT2D eigenvalue weighted by molar-refractivity contribution is -0.202. The maximum Gasteiger partial charge on any atom is 0.496 e. The molecular formula is C11H14BNO6. The Morgan fingerprint density at radius 2 is 2.05 bits per heavy atom. The predicted molar refractivity (Wildman–Crippen MR) is 63.4 cm³/mol. The summed E-state index contributed by atoms with van der Waals surface area (Å²) in [4.78, 5) is 3.89. The Hall–Kier alpha value is -1.03. The van der Waals surface area contributed by atoms with Gasteiger partial charge < -0.3 is 29.4 Å². The van der Waals surface area contributed by atoms with Gasteiger partial charge in [-0.05, 0) is 17.6 Å². The molecule has 19 heavy (non-hydrogen) atoms. The summed E-state index contributed by atoms with van der Waals surface area (Å²) in [7, 11) is -0.741. The molecule has 2 fully saturated rings. The van der Waals surface area contributed by atoms with Crippen LogP contribution in [0.5, 0.6) is 0 Å². The van der Waals surface area contributed by atoms with Crippen LogP contribution in [0, 0.1) is 0 Å². The van der Waals surface area contributed by atoms with Gasteiger partial charge in [-0.1, -0.05) is 0 Å². The number of hydrogen-bond acceptors (Lipinski definition) is 7. The minimum Gasteiger partial charge on any atom is -0.396 e. The molecule has 3 heterocycles. The van der Waals surface area contributed by atoms with Crippen LogP contribution in [0.15, 0.2) is 24.5 Å². The van der Waals surface area contributed by atoms with Gasteiger partial charge in [-0.3, -0.25) is 4.98 Å². The Morgan fingerprint density at radius 1 is 1.32 bits per heavy atom. The molecule has 2 aliphatic rings. The van der Waals surface area contributed by atoms with E-state index in [2.05, 4.69) is 4.98 Å². The predicted octanol–water partition coefficient (Wildman–Crippen LogP) is -2.37. The van der Waals surface area contributed by atoms with Crippen molar-refractivity contribution in [3.8, 4) is 0 Å². The molecule has 1 aromatic rings. The van der Waals surface area contributed by atoms with Gasteiger partial charge in [0, 0.05) is 12.4 Å². The fourth-order valence-electron chi connectivity index (χ4n) is 2.45. The second-order valence-corrected chi connectivity index (χ2v) is 4.59. The zero-order chi connectivity index (χ0) is 13.5. The molecular weight excluding hydrogens is 253 g/mol. The van der Waals surface area contributed by atoms with Gasteiger partial charge in [-0.25, -0.2) is 0 Å². The number of rotatable bonds is 3. The van der Waals surface area contributed by atoms with Crippen molar-refractivity contribution in [2.24, 2.45) is 0 Å². The average molecular weight is 267 g/mol. The van der Waals surface area contributed by atoms with Crippen LogP contribution in [-0.2, 0) is 14.0 Å². The summed E-state index contributed by atoms with van der Waals surface area (Å²) in [5, 5.41) is 28.6. The summed E-state index contributed by atoms with van der Waals surface area (Å²) in [6.45, 7) is -0.834. The van der Waals surface area contributed by atoms with Crippen LogP contribution in [0.2, 0.25) is 0 Å². The van der Waals surface area contributed by atoms with E-state index in [4.69, 9.17) is 19.2 Å². The van der Waals surface area contributed by atoms with E-state index in [0.29, 0.717) is 5.46 Å². The number of nitrogens with zero attached hydrogens (tertiary/aromatic N) is 1. The number of fused-ring (bicyclic) bond motifs is 1. The van der Waals surface area contributed by atoms with Gasteiger partial charge >= 0.3 is 7.12 Å². The molecule has 0 bridgehead atoms. The van der Waals surface area contributed by atoms with Crippen LogP contribution in [0.3, 0.4) is 0 Å². The summed E-state index contributed by atoms with van der Waals surface area (Å²) in [6.07, 6.45) is 0.470. The lowest BCUT2D eigenvalue weighted by atomic mass is 9.80.